The molecule has 8 heteroatoms. The number of nitrogens with zero attached hydrogens (tertiary/aromatic N) is 2. The van der Waals surface area contributed by atoms with Gasteiger partial charge < -0.3 is 14.9 Å². The highest BCUT2D eigenvalue weighted by molar-refractivity contribution is 9.10. The average molecular weight is 608 g/mol. The number of phenolic OH excluding ortho intramolecular Hbond substituents is 1. The summed E-state index contributed by atoms with van der Waals surface area (Å²) in [6.07, 6.45) is 10.2. The number of pyridine rings is 1. The molecule has 40 heavy (non-hydrogen) atoms. The number of hydrogen-bond donors (Lipinski definition) is 2. The number of hydrogen-bond acceptors (Lipinski definition) is 6. The van der Waals surface area contributed by atoms with Crippen LogP contribution >= 0.6 is 15.9 Å². The summed E-state index contributed by atoms with van der Waals surface area (Å²) >= 11 is 3.49. The predicted octanol–water partition coefficient (Wildman–Crippen LogP) is 5.51. The van der Waals surface area contributed by atoms with Crippen LogP contribution in [0, 0.1) is 17.8 Å². The summed E-state index contributed by atoms with van der Waals surface area (Å²) in [5.74, 6) is -0.864. The van der Waals surface area contributed by atoms with E-state index in [0.717, 1.165) is 59.0 Å². The summed E-state index contributed by atoms with van der Waals surface area (Å²) in [5, 5.41) is 20.8. The van der Waals surface area contributed by atoms with Gasteiger partial charge in [0, 0.05) is 28.2 Å². The Labute approximate surface area is 243 Å². The van der Waals surface area contributed by atoms with Gasteiger partial charge in [-0.05, 0) is 85.2 Å². The first kappa shape index (κ1) is 27.4. The van der Waals surface area contributed by atoms with Crippen LogP contribution in [0.3, 0.4) is 0 Å². The topological polar surface area (TPSA) is 100.0 Å². The van der Waals surface area contributed by atoms with Crippen LogP contribution < -0.4 is 0 Å². The number of halogens is 1. The van der Waals surface area contributed by atoms with Crippen molar-refractivity contribution in [2.45, 2.75) is 63.5 Å². The minimum Gasteiger partial charge on any atom is -0.507 e. The number of benzene rings is 1. The SMILES string of the molecule is O=C1[C@@H]2[C@@H](CC(CO)=C3[C@@H](CC/C(=C/c4cc(Br)ccc4O)c4ccccn4)OC[C@@H]32)C(=O)N1C1CCCCC1. The number of aliphatic hydroxyl groups excluding tert-OH is 1. The lowest BCUT2D eigenvalue weighted by Gasteiger charge is -2.31. The maximum atomic E-state index is 13.7. The van der Waals surface area contributed by atoms with Gasteiger partial charge in [0.25, 0.3) is 0 Å². The molecule has 0 unspecified atom stereocenters. The van der Waals surface area contributed by atoms with E-state index >= 15 is 0 Å². The smallest absolute Gasteiger partial charge is 0.234 e. The van der Waals surface area contributed by atoms with Gasteiger partial charge in [0.1, 0.15) is 5.75 Å². The number of carbonyl (C=O) groups is 2. The van der Waals surface area contributed by atoms with Crippen molar-refractivity contribution in [2.24, 2.45) is 17.8 Å². The van der Waals surface area contributed by atoms with Crippen molar-refractivity contribution in [3.8, 4) is 5.75 Å². The number of likely N-dealkylation sites (tertiary alicyclic amines) is 1. The molecule has 1 aromatic carbocycles. The first-order valence-corrected chi connectivity index (χ1v) is 15.2. The van der Waals surface area contributed by atoms with Crippen molar-refractivity contribution in [1.29, 1.82) is 0 Å². The zero-order valence-corrected chi connectivity index (χ0v) is 24.1. The molecular weight excluding hydrogens is 572 g/mol. The van der Waals surface area contributed by atoms with E-state index in [9.17, 15) is 19.8 Å². The number of ether oxygens (including phenoxy) is 1. The van der Waals surface area contributed by atoms with Gasteiger partial charge in [-0.1, -0.05) is 41.3 Å². The lowest BCUT2D eigenvalue weighted by molar-refractivity contribution is -0.143. The molecule has 210 valence electrons. The van der Waals surface area contributed by atoms with Gasteiger partial charge >= 0.3 is 0 Å². The number of aromatic nitrogens is 1. The van der Waals surface area contributed by atoms with Gasteiger partial charge in [0.15, 0.2) is 0 Å². The number of rotatable bonds is 7. The highest BCUT2D eigenvalue weighted by Crippen LogP contribution is 2.50. The number of carbonyl (C=O) groups excluding carboxylic acids is 2. The fraction of sp³-hybridized carbons (Fsp3) is 0.469. The van der Waals surface area contributed by atoms with E-state index in [1.807, 2.05) is 30.3 Å². The van der Waals surface area contributed by atoms with Crippen LogP contribution in [0.5, 0.6) is 5.75 Å². The number of aliphatic hydroxyl groups is 1. The summed E-state index contributed by atoms with van der Waals surface area (Å²) in [6.45, 7) is 0.256. The normalized spacial score (nSPS) is 27.4. The first-order chi connectivity index (χ1) is 19.5. The predicted molar refractivity (Wildman–Crippen MR) is 155 cm³/mol. The number of fused-ring (bicyclic) bond motifs is 3. The van der Waals surface area contributed by atoms with E-state index in [0.29, 0.717) is 31.4 Å². The van der Waals surface area contributed by atoms with E-state index < -0.39 is 11.8 Å². The van der Waals surface area contributed by atoms with Crippen molar-refractivity contribution in [3.05, 3.63) is 69.5 Å². The minimum atomic E-state index is -0.394. The van der Waals surface area contributed by atoms with Crippen molar-refractivity contribution < 1.29 is 24.5 Å². The third kappa shape index (κ3) is 5.06. The van der Waals surface area contributed by atoms with Crippen LogP contribution in [0.1, 0.15) is 62.6 Å². The molecule has 2 aliphatic carbocycles. The van der Waals surface area contributed by atoms with E-state index in [1.165, 1.54) is 0 Å². The van der Waals surface area contributed by atoms with E-state index in [2.05, 4.69) is 20.9 Å². The number of amides is 2. The third-order valence-electron chi connectivity index (χ3n) is 9.16. The monoisotopic (exact) mass is 606 g/mol. The van der Waals surface area contributed by atoms with E-state index in [4.69, 9.17) is 4.74 Å². The Hall–Kier alpha value is -2.81. The molecular formula is C32H35BrN2O5. The maximum absolute atomic E-state index is 13.7. The molecule has 3 fully saturated rings. The lowest BCUT2D eigenvalue weighted by Crippen LogP contribution is -2.42. The molecule has 4 aliphatic rings. The molecule has 2 aromatic rings. The van der Waals surface area contributed by atoms with Gasteiger partial charge in [0.05, 0.1) is 36.8 Å². The standard InChI is InChI=1S/C32H35BrN2O5/c33-22-10-11-27(37)20(15-22)14-19(26-8-4-5-13-34-26)9-12-28-29-21(17-36)16-24-30(25(29)18-40-28)32(39)35(31(24)38)23-6-2-1-3-7-23/h4-5,8,10-11,13-15,23-25,28,30,36-37H,1-3,6-7,9,12,16-18H2/b19-14-/t24-,25+,28-,30-/m1/s1. The molecule has 2 N–H and O–H groups in total. The van der Waals surface area contributed by atoms with Crippen molar-refractivity contribution in [2.75, 3.05) is 13.2 Å². The molecule has 0 bridgehead atoms. The van der Waals surface area contributed by atoms with Gasteiger partial charge in [-0.15, -0.1) is 0 Å². The second-order valence-corrected chi connectivity index (χ2v) is 12.4. The van der Waals surface area contributed by atoms with Crippen LogP contribution in [0.25, 0.3) is 11.6 Å². The average Bonchev–Trinajstić information content (AvgIpc) is 3.51. The fourth-order valence-corrected chi connectivity index (χ4v) is 7.66. The molecule has 1 aromatic heterocycles. The lowest BCUT2D eigenvalue weighted by atomic mass is 9.69. The molecule has 6 rings (SSSR count). The molecule has 2 amide bonds. The molecule has 0 radical (unpaired) electrons. The third-order valence-corrected chi connectivity index (χ3v) is 9.66. The van der Waals surface area contributed by atoms with Crippen LogP contribution in [0.2, 0.25) is 0 Å². The van der Waals surface area contributed by atoms with Crippen LogP contribution in [-0.2, 0) is 14.3 Å². The summed E-state index contributed by atoms with van der Waals surface area (Å²) in [5.41, 5.74) is 4.33. The highest BCUT2D eigenvalue weighted by Gasteiger charge is 2.58. The molecule has 7 nitrogen and oxygen atoms in total. The van der Waals surface area contributed by atoms with E-state index in [1.54, 1.807) is 23.2 Å². The largest absolute Gasteiger partial charge is 0.507 e. The van der Waals surface area contributed by atoms with Crippen molar-refractivity contribution in [1.82, 2.24) is 9.88 Å². The quantitative estimate of drug-likeness (QED) is 0.318. The van der Waals surface area contributed by atoms with E-state index in [-0.39, 0.29) is 42.2 Å². The zero-order valence-electron chi connectivity index (χ0n) is 22.5. The number of allylic oxidation sites excluding steroid dienone is 1. The minimum absolute atomic E-state index is 0.0130. The molecule has 2 saturated heterocycles. The number of phenols is 1. The molecule has 3 heterocycles. The van der Waals surface area contributed by atoms with Crippen molar-refractivity contribution >= 4 is 39.4 Å². The zero-order chi connectivity index (χ0) is 27.8. The summed E-state index contributed by atoms with van der Waals surface area (Å²) in [7, 11) is 0. The number of aromatic hydroxyl groups is 1. The Morgan fingerprint density at radius 1 is 1.10 bits per heavy atom. The molecule has 0 spiro atoms. The molecule has 1 saturated carbocycles. The maximum Gasteiger partial charge on any atom is 0.234 e. The second-order valence-electron chi connectivity index (χ2n) is 11.4. The summed E-state index contributed by atoms with van der Waals surface area (Å²) < 4.78 is 7.20. The highest BCUT2D eigenvalue weighted by atomic mass is 79.9. The van der Waals surface area contributed by atoms with Gasteiger partial charge in [-0.3, -0.25) is 19.5 Å². The second kappa shape index (κ2) is 11.6. The van der Waals surface area contributed by atoms with Gasteiger partial charge in [0.2, 0.25) is 11.8 Å². The van der Waals surface area contributed by atoms with Crippen LogP contribution in [0.4, 0.5) is 0 Å². The van der Waals surface area contributed by atoms with Crippen LogP contribution in [0.15, 0.2) is 58.2 Å². The van der Waals surface area contributed by atoms with Gasteiger partial charge in [-0.25, -0.2) is 0 Å². The van der Waals surface area contributed by atoms with Crippen molar-refractivity contribution in [3.63, 3.8) is 0 Å². The van der Waals surface area contributed by atoms with Crippen LogP contribution in [-0.4, -0.2) is 57.3 Å². The Morgan fingerprint density at radius 3 is 2.67 bits per heavy atom. The number of imide groups is 1. The first-order valence-electron chi connectivity index (χ1n) is 14.4. The Morgan fingerprint density at radius 2 is 1.93 bits per heavy atom. The summed E-state index contributed by atoms with van der Waals surface area (Å²) in [6, 6.07) is 11.1. The Kier molecular flexibility index (Phi) is 7.93. The Bertz CT molecular complexity index is 1350. The van der Waals surface area contributed by atoms with Gasteiger partial charge in [-0.2, -0.15) is 0 Å². The molecule has 2 aliphatic heterocycles. The molecule has 4 atom stereocenters. The summed E-state index contributed by atoms with van der Waals surface area (Å²) in [4.78, 5) is 33.4. The Balaban J connectivity index is 1.26. The fourth-order valence-electron chi connectivity index (χ4n) is 7.28.